The number of hydrogen-bond donors (Lipinski definition) is 0. The zero-order chi connectivity index (χ0) is 20.4. The molecule has 0 unspecified atom stereocenters. The summed E-state index contributed by atoms with van der Waals surface area (Å²) in [6.45, 7) is 4.58. The van der Waals surface area contributed by atoms with Gasteiger partial charge in [0.2, 0.25) is 0 Å². The van der Waals surface area contributed by atoms with Crippen LogP contribution in [0.3, 0.4) is 0 Å². The van der Waals surface area contributed by atoms with Crippen molar-refractivity contribution in [1.82, 2.24) is 4.90 Å². The number of rotatable bonds is 3. The third kappa shape index (κ3) is 3.72. The number of carbonyl (C=O) groups excluding carboxylic acids is 2. The maximum absolute atomic E-state index is 13.5. The van der Waals surface area contributed by atoms with Crippen molar-refractivity contribution in [2.24, 2.45) is 0 Å². The van der Waals surface area contributed by atoms with Crippen LogP contribution in [0, 0.1) is 0 Å². The molecule has 2 heterocycles. The zero-order valence-corrected chi connectivity index (χ0v) is 17.4. The minimum absolute atomic E-state index is 0.00960. The van der Waals surface area contributed by atoms with Gasteiger partial charge in [-0.3, -0.25) is 4.79 Å². The predicted octanol–water partition coefficient (Wildman–Crippen LogP) is 3.31. The summed E-state index contributed by atoms with van der Waals surface area (Å²) < 4.78 is 11.1. The van der Waals surface area contributed by atoms with Gasteiger partial charge in [0.05, 0.1) is 12.7 Å². The highest BCUT2D eigenvalue weighted by molar-refractivity contribution is 6.07. The fraction of sp³-hybridized carbons (Fsp3) is 0.565. The third-order valence-electron chi connectivity index (χ3n) is 6.55. The predicted molar refractivity (Wildman–Crippen MR) is 111 cm³/mol. The monoisotopic (exact) mass is 398 g/mol. The minimum Gasteiger partial charge on any atom is -0.497 e. The fourth-order valence-electron chi connectivity index (χ4n) is 4.87. The van der Waals surface area contributed by atoms with Crippen LogP contribution in [-0.4, -0.2) is 55.7 Å². The quantitative estimate of drug-likeness (QED) is 0.731. The lowest BCUT2D eigenvalue weighted by molar-refractivity contribution is -0.148. The molecule has 0 N–H and O–H groups in total. The molecule has 1 amide bonds. The molecule has 156 valence electrons. The third-order valence-corrected chi connectivity index (χ3v) is 6.55. The molecule has 4 rings (SSSR count). The van der Waals surface area contributed by atoms with E-state index in [1.54, 1.807) is 14.0 Å². The average Bonchev–Trinajstić information content (AvgIpc) is 2.89. The molecule has 2 aliphatic heterocycles. The van der Waals surface area contributed by atoms with Gasteiger partial charge in [-0.05, 0) is 56.9 Å². The minimum atomic E-state index is -0.693. The van der Waals surface area contributed by atoms with Crippen molar-refractivity contribution in [2.45, 2.75) is 51.0 Å². The van der Waals surface area contributed by atoms with Crippen molar-refractivity contribution in [3.05, 3.63) is 35.4 Å². The summed E-state index contributed by atoms with van der Waals surface area (Å²) in [7, 11) is 1.66. The van der Waals surface area contributed by atoms with E-state index in [2.05, 4.69) is 4.90 Å². The average molecular weight is 399 g/mol. The lowest BCUT2D eigenvalue weighted by atomic mass is 9.84. The Balaban J connectivity index is 1.47. The van der Waals surface area contributed by atoms with Gasteiger partial charge in [-0.1, -0.05) is 12.8 Å². The van der Waals surface area contributed by atoms with Crippen LogP contribution < -0.4 is 9.64 Å². The first-order chi connectivity index (χ1) is 14.0. The maximum atomic E-state index is 13.5. The standard InChI is InChI=1S/C23H30N2O4/c1-17-20(23(29-22(17)27)11-5-3-4-6-12-23)21(26)25-15-13-24(14-16-25)18-7-9-19(28-2)10-8-18/h7-10H,3-6,11-16H2,1-2H3. The molecule has 29 heavy (non-hydrogen) atoms. The maximum Gasteiger partial charge on any atom is 0.335 e. The summed E-state index contributed by atoms with van der Waals surface area (Å²) in [6, 6.07) is 8.01. The van der Waals surface area contributed by atoms with Crippen LogP contribution >= 0.6 is 0 Å². The van der Waals surface area contributed by atoms with E-state index in [0.717, 1.165) is 63.1 Å². The number of benzene rings is 1. The summed E-state index contributed by atoms with van der Waals surface area (Å²) in [6.07, 6.45) is 5.82. The molecule has 0 bridgehead atoms. The first-order valence-electron chi connectivity index (χ1n) is 10.7. The zero-order valence-electron chi connectivity index (χ0n) is 17.4. The van der Waals surface area contributed by atoms with E-state index in [-0.39, 0.29) is 11.9 Å². The Bertz CT molecular complexity index is 799. The van der Waals surface area contributed by atoms with Crippen LogP contribution in [0.15, 0.2) is 35.4 Å². The van der Waals surface area contributed by atoms with Gasteiger partial charge in [0.15, 0.2) is 0 Å². The number of ether oxygens (including phenoxy) is 2. The Morgan fingerprint density at radius 1 is 1.00 bits per heavy atom. The van der Waals surface area contributed by atoms with Crippen LogP contribution in [0.5, 0.6) is 5.75 Å². The lowest BCUT2D eigenvalue weighted by Crippen LogP contribution is -2.51. The van der Waals surface area contributed by atoms with Gasteiger partial charge >= 0.3 is 5.97 Å². The second-order valence-corrected chi connectivity index (χ2v) is 8.28. The van der Waals surface area contributed by atoms with E-state index < -0.39 is 5.60 Å². The van der Waals surface area contributed by atoms with Gasteiger partial charge in [-0.2, -0.15) is 0 Å². The molecular weight excluding hydrogens is 368 g/mol. The van der Waals surface area contributed by atoms with Crippen LogP contribution in [-0.2, 0) is 14.3 Å². The molecule has 1 aromatic carbocycles. The first kappa shape index (κ1) is 19.8. The van der Waals surface area contributed by atoms with E-state index in [1.165, 1.54) is 0 Å². The highest BCUT2D eigenvalue weighted by Crippen LogP contribution is 2.43. The Labute approximate surface area is 172 Å². The Hall–Kier alpha value is -2.50. The van der Waals surface area contributed by atoms with Crippen molar-refractivity contribution in [2.75, 3.05) is 38.2 Å². The number of methoxy groups -OCH3 is 1. The van der Waals surface area contributed by atoms with Gasteiger partial charge in [0, 0.05) is 37.4 Å². The molecule has 2 fully saturated rings. The van der Waals surface area contributed by atoms with Crippen LogP contribution in [0.2, 0.25) is 0 Å². The van der Waals surface area contributed by atoms with Crippen molar-refractivity contribution in [3.8, 4) is 5.75 Å². The van der Waals surface area contributed by atoms with Crippen LogP contribution in [0.25, 0.3) is 0 Å². The van der Waals surface area contributed by atoms with E-state index in [0.29, 0.717) is 24.2 Å². The van der Waals surface area contributed by atoms with Gasteiger partial charge < -0.3 is 19.3 Å². The molecule has 0 aromatic heterocycles. The molecule has 1 aromatic rings. The molecule has 1 saturated heterocycles. The number of esters is 1. The van der Waals surface area contributed by atoms with Crippen LogP contribution in [0.4, 0.5) is 5.69 Å². The van der Waals surface area contributed by atoms with Gasteiger partial charge in [-0.15, -0.1) is 0 Å². The summed E-state index contributed by atoms with van der Waals surface area (Å²) in [4.78, 5) is 30.0. The highest BCUT2D eigenvalue weighted by atomic mass is 16.6. The van der Waals surface area contributed by atoms with Crippen molar-refractivity contribution in [3.63, 3.8) is 0 Å². The molecule has 1 spiro atoms. The summed E-state index contributed by atoms with van der Waals surface area (Å²) in [5.41, 5.74) is 1.58. The van der Waals surface area contributed by atoms with Gasteiger partial charge in [0.1, 0.15) is 11.4 Å². The normalized spacial score (nSPS) is 21.9. The Kier molecular flexibility index (Phi) is 5.52. The smallest absolute Gasteiger partial charge is 0.335 e. The highest BCUT2D eigenvalue weighted by Gasteiger charge is 2.50. The number of hydrogen-bond acceptors (Lipinski definition) is 5. The topological polar surface area (TPSA) is 59.1 Å². The fourth-order valence-corrected chi connectivity index (χ4v) is 4.87. The number of anilines is 1. The second-order valence-electron chi connectivity index (χ2n) is 8.28. The summed E-state index contributed by atoms with van der Waals surface area (Å²) >= 11 is 0. The van der Waals surface area contributed by atoms with Crippen molar-refractivity contribution >= 4 is 17.6 Å². The number of piperazine rings is 1. The van der Waals surface area contributed by atoms with E-state index in [1.807, 2.05) is 29.2 Å². The molecule has 0 radical (unpaired) electrons. The van der Waals surface area contributed by atoms with E-state index in [9.17, 15) is 9.59 Å². The number of nitrogens with zero attached hydrogens (tertiary/aromatic N) is 2. The molecule has 6 nitrogen and oxygen atoms in total. The van der Waals surface area contributed by atoms with Gasteiger partial charge in [0.25, 0.3) is 5.91 Å². The summed E-state index contributed by atoms with van der Waals surface area (Å²) in [5.74, 6) is 0.515. The van der Waals surface area contributed by atoms with E-state index in [4.69, 9.17) is 9.47 Å². The first-order valence-corrected chi connectivity index (χ1v) is 10.7. The molecular formula is C23H30N2O4. The Morgan fingerprint density at radius 2 is 1.62 bits per heavy atom. The van der Waals surface area contributed by atoms with E-state index >= 15 is 0 Å². The van der Waals surface area contributed by atoms with Gasteiger partial charge in [-0.25, -0.2) is 4.79 Å². The molecule has 0 atom stereocenters. The second kappa shape index (κ2) is 8.09. The SMILES string of the molecule is COc1ccc(N2CCN(C(=O)C3=C(C)C(=O)OC34CCCCCC4)CC2)cc1. The Morgan fingerprint density at radius 3 is 2.21 bits per heavy atom. The van der Waals surface area contributed by atoms with Crippen molar-refractivity contribution < 1.29 is 19.1 Å². The molecule has 1 aliphatic carbocycles. The molecule has 6 heteroatoms. The van der Waals surface area contributed by atoms with Crippen LogP contribution in [0.1, 0.15) is 45.4 Å². The largest absolute Gasteiger partial charge is 0.497 e. The molecule has 1 saturated carbocycles. The lowest BCUT2D eigenvalue weighted by Gasteiger charge is -2.38. The summed E-state index contributed by atoms with van der Waals surface area (Å²) in [5, 5.41) is 0. The van der Waals surface area contributed by atoms with Crippen molar-refractivity contribution in [1.29, 1.82) is 0 Å². The number of carbonyl (C=O) groups is 2. The number of amides is 1. The molecule has 3 aliphatic rings.